The monoisotopic (exact) mass is 465 g/mol. The summed E-state index contributed by atoms with van der Waals surface area (Å²) in [6.45, 7) is 3.81. The average molecular weight is 466 g/mol. The van der Waals surface area contributed by atoms with Crippen LogP contribution in [0, 0.1) is 13.8 Å². The van der Waals surface area contributed by atoms with Crippen LogP contribution in [0.5, 0.6) is 0 Å². The standard InChI is InChI=1S/C23H27N7O2S/c1-15-7-8-18(14-21(15)33(31,32)24-3)29(5)23-25-12-11-22(26-23)28(4)17-9-10-20-19(13-17)16(2)30(6)27-20/h7-14,24H,1-6H3. The first-order valence-electron chi connectivity index (χ1n) is 10.4. The minimum absolute atomic E-state index is 0.225. The highest BCUT2D eigenvalue weighted by molar-refractivity contribution is 7.89. The Morgan fingerprint density at radius 1 is 0.970 bits per heavy atom. The van der Waals surface area contributed by atoms with E-state index in [1.165, 1.54) is 7.05 Å². The van der Waals surface area contributed by atoms with Gasteiger partial charge in [0.05, 0.1) is 10.4 Å². The van der Waals surface area contributed by atoms with Crippen molar-refractivity contribution < 1.29 is 8.42 Å². The number of sulfonamides is 1. The molecule has 9 nitrogen and oxygen atoms in total. The van der Waals surface area contributed by atoms with Crippen molar-refractivity contribution in [2.75, 3.05) is 30.9 Å². The van der Waals surface area contributed by atoms with E-state index in [0.717, 1.165) is 22.3 Å². The third-order valence-corrected chi connectivity index (χ3v) is 7.45. The number of aromatic nitrogens is 4. The molecule has 2 heterocycles. The smallest absolute Gasteiger partial charge is 0.240 e. The molecule has 0 aliphatic rings. The van der Waals surface area contributed by atoms with E-state index in [9.17, 15) is 8.42 Å². The Balaban J connectivity index is 1.68. The van der Waals surface area contributed by atoms with Gasteiger partial charge in [0.2, 0.25) is 16.0 Å². The molecular formula is C23H27N7O2S. The second kappa shape index (κ2) is 8.45. The van der Waals surface area contributed by atoms with Crippen LogP contribution in [0.3, 0.4) is 0 Å². The number of nitrogens with zero attached hydrogens (tertiary/aromatic N) is 6. The number of nitrogens with one attached hydrogen (secondary N) is 1. The summed E-state index contributed by atoms with van der Waals surface area (Å²) in [5.74, 6) is 1.16. The molecule has 2 aromatic heterocycles. The summed E-state index contributed by atoms with van der Waals surface area (Å²) in [5, 5.41) is 5.60. The Kier molecular flexibility index (Phi) is 5.81. The van der Waals surface area contributed by atoms with Crippen LogP contribution in [0.25, 0.3) is 10.9 Å². The second-order valence-corrected chi connectivity index (χ2v) is 9.76. The van der Waals surface area contributed by atoms with E-state index in [4.69, 9.17) is 4.98 Å². The zero-order chi connectivity index (χ0) is 23.9. The van der Waals surface area contributed by atoms with E-state index in [-0.39, 0.29) is 4.90 Å². The van der Waals surface area contributed by atoms with Gasteiger partial charge in [-0.25, -0.2) is 18.1 Å². The predicted octanol–water partition coefficient (Wildman–Crippen LogP) is 3.42. The zero-order valence-electron chi connectivity index (χ0n) is 19.5. The maximum Gasteiger partial charge on any atom is 0.240 e. The number of anilines is 4. The third kappa shape index (κ3) is 4.14. The SMILES string of the molecule is CNS(=O)(=O)c1cc(N(C)c2nccc(N(C)c3ccc4nn(C)c(C)c4c3)n2)ccc1C. The van der Waals surface area contributed by atoms with Gasteiger partial charge >= 0.3 is 0 Å². The summed E-state index contributed by atoms with van der Waals surface area (Å²) in [4.78, 5) is 13.1. The molecule has 0 aliphatic carbocycles. The quantitative estimate of drug-likeness (QED) is 0.466. The Morgan fingerprint density at radius 2 is 1.67 bits per heavy atom. The molecule has 0 saturated heterocycles. The molecule has 10 heteroatoms. The van der Waals surface area contributed by atoms with Crippen LogP contribution in [-0.4, -0.2) is 49.3 Å². The molecule has 4 rings (SSSR count). The minimum atomic E-state index is -3.58. The molecule has 0 amide bonds. The largest absolute Gasteiger partial charge is 0.329 e. The molecule has 2 aromatic carbocycles. The van der Waals surface area contributed by atoms with E-state index in [0.29, 0.717) is 23.0 Å². The van der Waals surface area contributed by atoms with Gasteiger partial charge < -0.3 is 9.80 Å². The first-order chi connectivity index (χ1) is 15.6. The fourth-order valence-electron chi connectivity index (χ4n) is 3.65. The molecular weight excluding hydrogens is 438 g/mol. The van der Waals surface area contributed by atoms with Crippen LogP contribution in [-0.2, 0) is 17.1 Å². The fourth-order valence-corrected chi connectivity index (χ4v) is 4.64. The Bertz CT molecular complexity index is 1450. The molecule has 0 radical (unpaired) electrons. The lowest BCUT2D eigenvalue weighted by atomic mass is 10.2. The van der Waals surface area contributed by atoms with Gasteiger partial charge in [0.25, 0.3) is 0 Å². The van der Waals surface area contributed by atoms with Crippen molar-refractivity contribution in [2.45, 2.75) is 18.7 Å². The lowest BCUT2D eigenvalue weighted by Gasteiger charge is -2.22. The van der Waals surface area contributed by atoms with Gasteiger partial charge in [0, 0.05) is 49.8 Å². The fraction of sp³-hybridized carbons (Fsp3) is 0.261. The van der Waals surface area contributed by atoms with E-state index in [1.807, 2.05) is 61.9 Å². The number of rotatable bonds is 6. The van der Waals surface area contributed by atoms with Crippen LogP contribution in [0.4, 0.5) is 23.1 Å². The lowest BCUT2D eigenvalue weighted by Crippen LogP contribution is -2.21. The van der Waals surface area contributed by atoms with Crippen molar-refractivity contribution in [1.29, 1.82) is 0 Å². The molecule has 172 valence electrons. The van der Waals surface area contributed by atoms with Crippen LogP contribution in [0.15, 0.2) is 53.6 Å². The Morgan fingerprint density at radius 3 is 2.39 bits per heavy atom. The minimum Gasteiger partial charge on any atom is -0.329 e. The molecule has 33 heavy (non-hydrogen) atoms. The molecule has 0 fully saturated rings. The molecule has 0 atom stereocenters. The molecule has 0 saturated carbocycles. The number of hydrogen-bond donors (Lipinski definition) is 1. The van der Waals surface area contributed by atoms with Gasteiger partial charge in [-0.2, -0.15) is 10.1 Å². The summed E-state index contributed by atoms with van der Waals surface area (Å²) in [6.07, 6.45) is 1.69. The number of fused-ring (bicyclic) bond motifs is 1. The van der Waals surface area contributed by atoms with Crippen LogP contribution < -0.4 is 14.5 Å². The van der Waals surface area contributed by atoms with Gasteiger partial charge in [0.15, 0.2) is 0 Å². The second-order valence-electron chi connectivity index (χ2n) is 7.90. The van der Waals surface area contributed by atoms with Crippen molar-refractivity contribution in [2.24, 2.45) is 7.05 Å². The highest BCUT2D eigenvalue weighted by Crippen LogP contribution is 2.30. The topological polar surface area (TPSA) is 96.3 Å². The molecule has 0 bridgehead atoms. The van der Waals surface area contributed by atoms with E-state index in [1.54, 1.807) is 30.2 Å². The van der Waals surface area contributed by atoms with Gasteiger partial charge in [-0.15, -0.1) is 0 Å². The number of benzene rings is 2. The molecule has 1 N–H and O–H groups in total. The van der Waals surface area contributed by atoms with Crippen molar-refractivity contribution in [3.05, 3.63) is 59.9 Å². The van der Waals surface area contributed by atoms with Crippen molar-refractivity contribution in [3.8, 4) is 0 Å². The predicted molar refractivity (Wildman–Crippen MR) is 131 cm³/mol. The van der Waals surface area contributed by atoms with Gasteiger partial charge in [-0.05, 0) is 62.9 Å². The maximum atomic E-state index is 12.4. The van der Waals surface area contributed by atoms with Crippen molar-refractivity contribution in [1.82, 2.24) is 24.5 Å². The van der Waals surface area contributed by atoms with Gasteiger partial charge in [-0.1, -0.05) is 6.07 Å². The first-order valence-corrected chi connectivity index (χ1v) is 11.9. The van der Waals surface area contributed by atoms with Crippen molar-refractivity contribution >= 4 is 44.1 Å². The maximum absolute atomic E-state index is 12.4. The molecule has 0 spiro atoms. The summed E-state index contributed by atoms with van der Waals surface area (Å²) >= 11 is 0. The zero-order valence-corrected chi connectivity index (χ0v) is 20.3. The highest BCUT2D eigenvalue weighted by Gasteiger charge is 2.18. The first kappa shape index (κ1) is 22.7. The molecule has 4 aromatic rings. The average Bonchev–Trinajstić information content (AvgIpc) is 3.11. The lowest BCUT2D eigenvalue weighted by molar-refractivity contribution is 0.587. The summed E-state index contributed by atoms with van der Waals surface area (Å²) < 4.78 is 29.0. The van der Waals surface area contributed by atoms with Gasteiger partial charge in [0.1, 0.15) is 5.82 Å². The van der Waals surface area contributed by atoms with Crippen molar-refractivity contribution in [3.63, 3.8) is 0 Å². The van der Waals surface area contributed by atoms with Crippen LogP contribution in [0.2, 0.25) is 0 Å². The number of hydrogen-bond acceptors (Lipinski definition) is 7. The normalized spacial score (nSPS) is 11.7. The molecule has 0 aliphatic heterocycles. The van der Waals surface area contributed by atoms with Crippen LogP contribution >= 0.6 is 0 Å². The van der Waals surface area contributed by atoms with E-state index < -0.39 is 10.0 Å². The van der Waals surface area contributed by atoms with E-state index in [2.05, 4.69) is 20.9 Å². The third-order valence-electron chi connectivity index (χ3n) is 5.89. The van der Waals surface area contributed by atoms with E-state index >= 15 is 0 Å². The van der Waals surface area contributed by atoms with Crippen LogP contribution in [0.1, 0.15) is 11.3 Å². The summed E-state index contributed by atoms with van der Waals surface area (Å²) in [6, 6.07) is 13.2. The molecule has 0 unspecified atom stereocenters. The summed E-state index contributed by atoms with van der Waals surface area (Å²) in [5.41, 5.74) is 4.35. The Labute approximate surface area is 193 Å². The van der Waals surface area contributed by atoms with Gasteiger partial charge in [-0.3, -0.25) is 4.68 Å². The number of aryl methyl sites for hydroxylation is 3. The highest BCUT2D eigenvalue weighted by atomic mass is 32.2. The summed E-state index contributed by atoms with van der Waals surface area (Å²) in [7, 11) is 3.51. The Hall–Kier alpha value is -3.50.